The molecule has 3 heterocycles. The molecular weight excluding hydrogens is 290 g/mol. The molecule has 0 fully saturated rings. The van der Waals surface area contributed by atoms with Crippen LogP contribution in [0, 0.1) is 0 Å². The molecular formula is C13H11N5O4. The summed E-state index contributed by atoms with van der Waals surface area (Å²) in [5, 5.41) is 23.9. The van der Waals surface area contributed by atoms with Gasteiger partial charge in [-0.15, -0.1) is 0 Å². The number of para-hydroxylation sites is 1. The Balaban J connectivity index is 1.96. The Labute approximate surface area is 124 Å². The Morgan fingerprint density at radius 1 is 1.45 bits per heavy atom. The summed E-state index contributed by atoms with van der Waals surface area (Å²) in [4.78, 5) is 11.7. The van der Waals surface area contributed by atoms with Gasteiger partial charge in [0.05, 0.1) is 5.57 Å². The second-order valence-corrected chi connectivity index (χ2v) is 4.90. The minimum atomic E-state index is -1.05. The first-order chi connectivity index (χ1) is 10.7. The van der Waals surface area contributed by atoms with Crippen LogP contribution in [-0.2, 0) is 4.79 Å². The first-order valence-electron chi connectivity index (χ1n) is 6.54. The van der Waals surface area contributed by atoms with Gasteiger partial charge in [0.15, 0.2) is 11.5 Å². The summed E-state index contributed by atoms with van der Waals surface area (Å²) in [6, 6.07) is 4.64. The fraction of sp³-hybridized carbons (Fsp3) is 0.231. The maximum absolute atomic E-state index is 11.7. The van der Waals surface area contributed by atoms with E-state index in [0.29, 0.717) is 28.7 Å². The highest BCUT2D eigenvalue weighted by molar-refractivity contribution is 5.91. The number of tetrazole rings is 1. The number of rotatable bonds is 2. The maximum Gasteiger partial charge on any atom is 0.335 e. The van der Waals surface area contributed by atoms with Crippen molar-refractivity contribution in [2.75, 3.05) is 12.1 Å². The second kappa shape index (κ2) is 4.45. The van der Waals surface area contributed by atoms with Crippen molar-refractivity contribution in [3.05, 3.63) is 35.0 Å². The number of carboxylic acid groups (broad SMARTS) is 1. The Bertz CT molecular complexity index is 813. The molecule has 2 N–H and O–H groups in total. The summed E-state index contributed by atoms with van der Waals surface area (Å²) in [6.45, 7) is 1.78. The van der Waals surface area contributed by atoms with E-state index in [2.05, 4.69) is 20.8 Å². The SMILES string of the molecule is CC1=C(C(=O)O)C(c2cccc3c2OCO3)n2nnnc2N1. The number of nitrogens with one attached hydrogen (secondary N) is 1. The topological polar surface area (TPSA) is 111 Å². The number of ether oxygens (including phenoxy) is 2. The number of hydrogen-bond acceptors (Lipinski definition) is 7. The predicted octanol–water partition coefficient (Wildman–Crippen LogP) is 0.775. The summed E-state index contributed by atoms with van der Waals surface area (Å²) < 4.78 is 12.3. The van der Waals surface area contributed by atoms with Gasteiger partial charge in [-0.1, -0.05) is 17.2 Å². The molecule has 2 aliphatic rings. The number of aromatic nitrogens is 4. The molecule has 0 radical (unpaired) electrons. The average Bonchev–Trinajstić information content (AvgIpc) is 3.13. The molecule has 2 aliphatic heterocycles. The molecule has 112 valence electrons. The van der Waals surface area contributed by atoms with Gasteiger partial charge >= 0.3 is 5.97 Å². The van der Waals surface area contributed by atoms with E-state index >= 15 is 0 Å². The van der Waals surface area contributed by atoms with Crippen LogP contribution >= 0.6 is 0 Å². The predicted molar refractivity (Wildman–Crippen MR) is 72.5 cm³/mol. The van der Waals surface area contributed by atoms with Gasteiger partial charge in [0.2, 0.25) is 12.7 Å². The van der Waals surface area contributed by atoms with E-state index < -0.39 is 12.0 Å². The molecule has 4 rings (SSSR count). The maximum atomic E-state index is 11.7. The monoisotopic (exact) mass is 301 g/mol. The van der Waals surface area contributed by atoms with Crippen LogP contribution in [-0.4, -0.2) is 38.1 Å². The Morgan fingerprint density at radius 3 is 3.14 bits per heavy atom. The van der Waals surface area contributed by atoms with Crippen molar-refractivity contribution in [1.29, 1.82) is 0 Å². The molecule has 1 unspecified atom stereocenters. The van der Waals surface area contributed by atoms with Gasteiger partial charge in [-0.2, -0.15) is 4.68 Å². The molecule has 0 bridgehead atoms. The fourth-order valence-corrected chi connectivity index (χ4v) is 2.74. The average molecular weight is 301 g/mol. The van der Waals surface area contributed by atoms with Gasteiger partial charge in [-0.05, 0) is 23.4 Å². The van der Waals surface area contributed by atoms with Crippen molar-refractivity contribution in [2.24, 2.45) is 0 Å². The molecule has 22 heavy (non-hydrogen) atoms. The van der Waals surface area contributed by atoms with Crippen molar-refractivity contribution in [3.63, 3.8) is 0 Å². The lowest BCUT2D eigenvalue weighted by Crippen LogP contribution is -2.28. The van der Waals surface area contributed by atoms with Crippen molar-refractivity contribution in [1.82, 2.24) is 20.2 Å². The normalized spacial score (nSPS) is 18.9. The molecule has 0 saturated carbocycles. The van der Waals surface area contributed by atoms with Gasteiger partial charge in [0.25, 0.3) is 0 Å². The van der Waals surface area contributed by atoms with E-state index in [-0.39, 0.29) is 12.4 Å². The van der Waals surface area contributed by atoms with Crippen LogP contribution in [0.1, 0.15) is 18.5 Å². The van der Waals surface area contributed by atoms with Gasteiger partial charge in [-0.25, -0.2) is 4.79 Å². The fourth-order valence-electron chi connectivity index (χ4n) is 2.74. The molecule has 9 nitrogen and oxygen atoms in total. The molecule has 1 atom stereocenters. The smallest absolute Gasteiger partial charge is 0.335 e. The first-order valence-corrected chi connectivity index (χ1v) is 6.54. The van der Waals surface area contributed by atoms with Crippen molar-refractivity contribution in [3.8, 4) is 11.5 Å². The standard InChI is InChI=1S/C13H11N5O4/c1-6-9(12(19)20)10(18-13(14-6)15-16-17-18)7-3-2-4-8-11(7)22-5-21-8/h2-4,10H,5H2,1H3,(H,19,20)(H,14,15,17). The Kier molecular flexibility index (Phi) is 2.55. The summed E-state index contributed by atoms with van der Waals surface area (Å²) in [6.07, 6.45) is 0. The summed E-state index contributed by atoms with van der Waals surface area (Å²) in [5.41, 5.74) is 1.28. The lowest BCUT2D eigenvalue weighted by Gasteiger charge is -2.26. The zero-order valence-electron chi connectivity index (χ0n) is 11.5. The molecule has 1 aromatic carbocycles. The Hall–Kier alpha value is -3.10. The van der Waals surface area contributed by atoms with Crippen LogP contribution in [0.25, 0.3) is 0 Å². The van der Waals surface area contributed by atoms with Crippen LogP contribution in [0.5, 0.6) is 11.5 Å². The number of carbonyl (C=O) groups is 1. The number of fused-ring (bicyclic) bond motifs is 2. The number of anilines is 1. The van der Waals surface area contributed by atoms with Gasteiger partial charge < -0.3 is 19.9 Å². The van der Waals surface area contributed by atoms with E-state index in [1.165, 1.54) is 4.68 Å². The number of aliphatic carboxylic acids is 1. The third-order valence-electron chi connectivity index (χ3n) is 3.67. The summed E-state index contributed by atoms with van der Waals surface area (Å²) in [7, 11) is 0. The molecule has 2 aromatic rings. The molecule has 0 amide bonds. The van der Waals surface area contributed by atoms with Crippen molar-refractivity contribution in [2.45, 2.75) is 13.0 Å². The molecule has 1 aromatic heterocycles. The van der Waals surface area contributed by atoms with E-state index in [1.54, 1.807) is 25.1 Å². The first kappa shape index (κ1) is 12.6. The van der Waals surface area contributed by atoms with Gasteiger partial charge in [0.1, 0.15) is 6.04 Å². The van der Waals surface area contributed by atoms with Crippen molar-refractivity contribution < 1.29 is 19.4 Å². The van der Waals surface area contributed by atoms with E-state index in [1.807, 2.05) is 0 Å². The molecule has 0 spiro atoms. The van der Waals surface area contributed by atoms with Crippen LogP contribution in [0.3, 0.4) is 0 Å². The third-order valence-corrected chi connectivity index (χ3v) is 3.67. The van der Waals surface area contributed by atoms with E-state index in [4.69, 9.17) is 9.47 Å². The number of allylic oxidation sites excluding steroid dienone is 1. The second-order valence-electron chi connectivity index (χ2n) is 4.90. The molecule has 9 heteroatoms. The lowest BCUT2D eigenvalue weighted by molar-refractivity contribution is -0.133. The minimum Gasteiger partial charge on any atom is -0.478 e. The molecule has 0 saturated heterocycles. The van der Waals surface area contributed by atoms with Crippen LogP contribution in [0.15, 0.2) is 29.5 Å². The lowest BCUT2D eigenvalue weighted by atomic mass is 9.95. The van der Waals surface area contributed by atoms with E-state index in [9.17, 15) is 9.90 Å². The van der Waals surface area contributed by atoms with Gasteiger partial charge in [0, 0.05) is 11.3 Å². The summed E-state index contributed by atoms with van der Waals surface area (Å²) >= 11 is 0. The highest BCUT2D eigenvalue weighted by Gasteiger charge is 2.37. The minimum absolute atomic E-state index is 0.102. The number of carboxylic acids is 1. The summed E-state index contributed by atoms with van der Waals surface area (Å²) in [5.74, 6) is 0.423. The Morgan fingerprint density at radius 2 is 2.32 bits per heavy atom. The largest absolute Gasteiger partial charge is 0.478 e. The zero-order chi connectivity index (χ0) is 15.3. The van der Waals surface area contributed by atoms with Crippen LogP contribution < -0.4 is 14.8 Å². The molecule has 0 aliphatic carbocycles. The van der Waals surface area contributed by atoms with Gasteiger partial charge in [-0.3, -0.25) is 0 Å². The third kappa shape index (κ3) is 1.65. The highest BCUT2D eigenvalue weighted by atomic mass is 16.7. The van der Waals surface area contributed by atoms with Crippen LogP contribution in [0.2, 0.25) is 0 Å². The zero-order valence-corrected chi connectivity index (χ0v) is 11.5. The van der Waals surface area contributed by atoms with Crippen LogP contribution in [0.4, 0.5) is 5.95 Å². The highest BCUT2D eigenvalue weighted by Crippen LogP contribution is 2.44. The van der Waals surface area contributed by atoms with Crippen molar-refractivity contribution >= 4 is 11.9 Å². The number of hydrogen-bond donors (Lipinski definition) is 2. The van der Waals surface area contributed by atoms with E-state index in [0.717, 1.165) is 0 Å². The number of benzene rings is 1. The quantitative estimate of drug-likeness (QED) is 0.836. The number of nitrogens with zero attached hydrogens (tertiary/aromatic N) is 4.